The molecule has 0 saturated heterocycles. The Morgan fingerprint density at radius 2 is 2.09 bits per heavy atom. The molecule has 0 saturated carbocycles. The van der Waals surface area contributed by atoms with Crippen LogP contribution in [0.5, 0.6) is 0 Å². The molecule has 2 rings (SSSR count). The van der Waals surface area contributed by atoms with Crippen molar-refractivity contribution >= 4 is 41.3 Å². The van der Waals surface area contributed by atoms with Crippen molar-refractivity contribution in [2.24, 2.45) is 0 Å². The third-order valence-electron chi connectivity index (χ3n) is 3.26. The lowest BCUT2D eigenvalue weighted by Gasteiger charge is -2.15. The van der Waals surface area contributed by atoms with Gasteiger partial charge in [0.25, 0.3) is 5.91 Å². The highest BCUT2D eigenvalue weighted by Gasteiger charge is 2.17. The van der Waals surface area contributed by atoms with Crippen LogP contribution in [-0.4, -0.2) is 38.0 Å². The van der Waals surface area contributed by atoms with E-state index in [-0.39, 0.29) is 18.3 Å². The van der Waals surface area contributed by atoms with Crippen LogP contribution in [0.1, 0.15) is 15.2 Å². The Morgan fingerprint density at radius 1 is 1.36 bits per heavy atom. The number of nitrogens with zero attached hydrogens (tertiary/aromatic N) is 1. The number of aryl methyl sites for hydroxylation is 1. The zero-order valence-electron chi connectivity index (χ0n) is 12.9. The molecule has 6 heteroatoms. The van der Waals surface area contributed by atoms with Crippen LogP contribution in [0, 0.1) is 6.92 Å². The molecular weight excluding hydrogens is 339 g/mol. The molecule has 0 atom stereocenters. The van der Waals surface area contributed by atoms with Crippen molar-refractivity contribution in [3.8, 4) is 10.4 Å². The molecule has 0 fully saturated rings. The molecular formula is C16H20Cl2N2OS. The van der Waals surface area contributed by atoms with E-state index in [4.69, 9.17) is 11.6 Å². The minimum Gasteiger partial charge on any atom is -0.340 e. The Labute approximate surface area is 146 Å². The summed E-state index contributed by atoms with van der Waals surface area (Å²) in [4.78, 5) is 16.0. The Morgan fingerprint density at radius 3 is 2.73 bits per heavy atom. The van der Waals surface area contributed by atoms with E-state index in [1.165, 1.54) is 11.3 Å². The number of hydrogen-bond acceptors (Lipinski definition) is 3. The second-order valence-electron chi connectivity index (χ2n) is 4.96. The number of halogens is 2. The van der Waals surface area contributed by atoms with Gasteiger partial charge in [0.1, 0.15) is 0 Å². The summed E-state index contributed by atoms with van der Waals surface area (Å²) in [7, 11) is 3.71. The topological polar surface area (TPSA) is 32.3 Å². The van der Waals surface area contributed by atoms with E-state index in [0.717, 1.165) is 27.4 Å². The molecule has 0 aliphatic rings. The smallest absolute Gasteiger partial charge is 0.263 e. The molecule has 1 amide bonds. The predicted octanol–water partition coefficient (Wildman–Crippen LogP) is 4.09. The van der Waals surface area contributed by atoms with Crippen LogP contribution in [0.3, 0.4) is 0 Å². The van der Waals surface area contributed by atoms with Gasteiger partial charge in [0.05, 0.1) is 4.88 Å². The Kier molecular flexibility index (Phi) is 7.36. The first-order valence-corrected chi connectivity index (χ1v) is 7.99. The normalized spacial score (nSPS) is 10.2. The van der Waals surface area contributed by atoms with Gasteiger partial charge in [-0.2, -0.15) is 0 Å². The van der Waals surface area contributed by atoms with Crippen molar-refractivity contribution in [2.45, 2.75) is 6.92 Å². The first-order chi connectivity index (χ1) is 10.0. The fourth-order valence-corrected chi connectivity index (χ4v) is 3.43. The van der Waals surface area contributed by atoms with Crippen molar-refractivity contribution in [3.05, 3.63) is 45.8 Å². The molecule has 1 aromatic carbocycles. The van der Waals surface area contributed by atoms with Crippen LogP contribution in [0.4, 0.5) is 0 Å². The summed E-state index contributed by atoms with van der Waals surface area (Å²) in [5, 5.41) is 3.76. The van der Waals surface area contributed by atoms with Gasteiger partial charge in [0.15, 0.2) is 0 Å². The number of nitrogens with one attached hydrogen (secondary N) is 1. The molecule has 120 valence electrons. The molecule has 2 aromatic rings. The summed E-state index contributed by atoms with van der Waals surface area (Å²) in [6.07, 6.45) is 0. The molecule has 0 radical (unpaired) electrons. The first-order valence-electron chi connectivity index (χ1n) is 6.79. The molecule has 0 unspecified atom stereocenters. The van der Waals surface area contributed by atoms with Crippen molar-refractivity contribution in [3.63, 3.8) is 0 Å². The molecule has 1 N–H and O–H groups in total. The van der Waals surface area contributed by atoms with Gasteiger partial charge in [-0.1, -0.05) is 23.7 Å². The molecule has 1 aromatic heterocycles. The molecule has 0 spiro atoms. The summed E-state index contributed by atoms with van der Waals surface area (Å²) >= 11 is 7.57. The van der Waals surface area contributed by atoms with Gasteiger partial charge in [-0.15, -0.1) is 23.7 Å². The second-order valence-corrected chi connectivity index (χ2v) is 6.45. The van der Waals surface area contributed by atoms with E-state index in [0.29, 0.717) is 11.6 Å². The molecule has 0 aliphatic heterocycles. The van der Waals surface area contributed by atoms with Crippen molar-refractivity contribution in [1.29, 1.82) is 0 Å². The number of carbonyl (C=O) groups is 1. The molecule has 3 nitrogen and oxygen atoms in total. The van der Waals surface area contributed by atoms with Crippen LogP contribution in [0.15, 0.2) is 30.3 Å². The zero-order valence-corrected chi connectivity index (χ0v) is 15.2. The van der Waals surface area contributed by atoms with Crippen LogP contribution in [0.2, 0.25) is 5.02 Å². The Hall–Kier alpha value is -1.07. The average molecular weight is 359 g/mol. The summed E-state index contributed by atoms with van der Waals surface area (Å²) < 4.78 is 0. The van der Waals surface area contributed by atoms with E-state index in [2.05, 4.69) is 5.32 Å². The van der Waals surface area contributed by atoms with Crippen LogP contribution in [-0.2, 0) is 0 Å². The number of hydrogen-bond donors (Lipinski definition) is 1. The highest BCUT2D eigenvalue weighted by molar-refractivity contribution is 7.17. The standard InChI is InChI=1S/C16H19ClN2OS.ClH/c1-11-9-14(16(20)19(3)8-7-18-2)21-15(11)12-5-4-6-13(17)10-12;/h4-6,9-10,18H,7-8H2,1-3H3;1H. The number of likely N-dealkylation sites (N-methyl/N-ethyl adjacent to an activating group) is 2. The minimum atomic E-state index is 0. The fourth-order valence-electron chi connectivity index (χ4n) is 2.07. The van der Waals surface area contributed by atoms with Gasteiger partial charge < -0.3 is 10.2 Å². The molecule has 0 bridgehead atoms. The Balaban J connectivity index is 0.00000242. The SMILES string of the molecule is CNCCN(C)C(=O)c1cc(C)c(-c2cccc(Cl)c2)s1.Cl. The molecule has 0 aliphatic carbocycles. The highest BCUT2D eigenvalue weighted by Crippen LogP contribution is 2.34. The van der Waals surface area contributed by atoms with E-state index in [1.807, 2.05) is 51.4 Å². The van der Waals surface area contributed by atoms with E-state index >= 15 is 0 Å². The number of thiophene rings is 1. The zero-order chi connectivity index (χ0) is 15.4. The monoisotopic (exact) mass is 358 g/mol. The van der Waals surface area contributed by atoms with Crippen LogP contribution in [0.25, 0.3) is 10.4 Å². The third kappa shape index (κ3) is 4.46. The average Bonchev–Trinajstić information content (AvgIpc) is 2.86. The number of benzene rings is 1. The number of rotatable bonds is 5. The maximum Gasteiger partial charge on any atom is 0.263 e. The number of amides is 1. The van der Waals surface area contributed by atoms with Crippen LogP contribution >= 0.6 is 35.3 Å². The number of carbonyl (C=O) groups excluding carboxylic acids is 1. The summed E-state index contributed by atoms with van der Waals surface area (Å²) in [5.41, 5.74) is 2.16. The maximum atomic E-state index is 12.4. The van der Waals surface area contributed by atoms with Gasteiger partial charge >= 0.3 is 0 Å². The first kappa shape index (κ1) is 19.0. The fraction of sp³-hybridized carbons (Fsp3) is 0.312. The van der Waals surface area contributed by atoms with Gasteiger partial charge in [0.2, 0.25) is 0 Å². The summed E-state index contributed by atoms with van der Waals surface area (Å²) in [6, 6.07) is 9.69. The lowest BCUT2D eigenvalue weighted by atomic mass is 10.1. The van der Waals surface area contributed by atoms with E-state index in [9.17, 15) is 4.79 Å². The third-order valence-corrected chi connectivity index (χ3v) is 4.77. The van der Waals surface area contributed by atoms with Crippen molar-refractivity contribution in [1.82, 2.24) is 10.2 Å². The molecule has 1 heterocycles. The maximum absolute atomic E-state index is 12.4. The molecule has 22 heavy (non-hydrogen) atoms. The van der Waals surface area contributed by atoms with E-state index < -0.39 is 0 Å². The highest BCUT2D eigenvalue weighted by atomic mass is 35.5. The van der Waals surface area contributed by atoms with Gasteiger partial charge in [-0.05, 0) is 43.3 Å². The largest absolute Gasteiger partial charge is 0.340 e. The quantitative estimate of drug-likeness (QED) is 0.872. The van der Waals surface area contributed by atoms with Gasteiger partial charge in [0, 0.05) is 30.0 Å². The summed E-state index contributed by atoms with van der Waals surface area (Å²) in [5.74, 6) is 0.0617. The Bertz CT molecular complexity index is 643. The van der Waals surface area contributed by atoms with Gasteiger partial charge in [-0.25, -0.2) is 0 Å². The minimum absolute atomic E-state index is 0. The predicted molar refractivity (Wildman–Crippen MR) is 97.6 cm³/mol. The van der Waals surface area contributed by atoms with E-state index in [1.54, 1.807) is 4.90 Å². The lowest BCUT2D eigenvalue weighted by Crippen LogP contribution is -2.32. The van der Waals surface area contributed by atoms with Crippen molar-refractivity contribution in [2.75, 3.05) is 27.2 Å². The van der Waals surface area contributed by atoms with Crippen molar-refractivity contribution < 1.29 is 4.79 Å². The second kappa shape index (κ2) is 8.53. The van der Waals surface area contributed by atoms with Gasteiger partial charge in [-0.3, -0.25) is 4.79 Å². The van der Waals surface area contributed by atoms with Crippen LogP contribution < -0.4 is 5.32 Å². The lowest BCUT2D eigenvalue weighted by molar-refractivity contribution is 0.0801. The summed E-state index contributed by atoms with van der Waals surface area (Å²) in [6.45, 7) is 3.50.